The van der Waals surface area contributed by atoms with Crippen LogP contribution in [0.5, 0.6) is 5.75 Å². The monoisotopic (exact) mass is 251 g/mol. The summed E-state index contributed by atoms with van der Waals surface area (Å²) in [5.74, 6) is 7.45. The SMILES string of the molecule is CCC1CCCCN1c1ncnc(NN)c1OC. The second kappa shape index (κ2) is 5.86. The Morgan fingerprint density at radius 2 is 2.33 bits per heavy atom. The first-order valence-electron chi connectivity index (χ1n) is 6.44. The molecule has 2 heterocycles. The number of hydrazine groups is 1. The van der Waals surface area contributed by atoms with Crippen molar-refractivity contribution in [2.45, 2.75) is 38.6 Å². The number of aromatic nitrogens is 2. The Hall–Kier alpha value is -1.56. The first-order valence-corrected chi connectivity index (χ1v) is 6.44. The van der Waals surface area contributed by atoms with Crippen molar-refractivity contribution in [3.63, 3.8) is 0 Å². The lowest BCUT2D eigenvalue weighted by Gasteiger charge is -2.36. The molecule has 0 aromatic carbocycles. The summed E-state index contributed by atoms with van der Waals surface area (Å²) in [6.45, 7) is 3.22. The lowest BCUT2D eigenvalue weighted by molar-refractivity contribution is 0.398. The van der Waals surface area contributed by atoms with E-state index in [9.17, 15) is 0 Å². The maximum Gasteiger partial charge on any atom is 0.205 e. The second-order valence-corrected chi connectivity index (χ2v) is 4.47. The molecule has 0 radical (unpaired) electrons. The van der Waals surface area contributed by atoms with Gasteiger partial charge >= 0.3 is 0 Å². The zero-order valence-electron chi connectivity index (χ0n) is 11.0. The van der Waals surface area contributed by atoms with E-state index in [1.54, 1.807) is 7.11 Å². The molecule has 100 valence electrons. The van der Waals surface area contributed by atoms with E-state index < -0.39 is 0 Å². The van der Waals surface area contributed by atoms with Gasteiger partial charge in [0, 0.05) is 12.6 Å². The minimum absolute atomic E-state index is 0.521. The summed E-state index contributed by atoms with van der Waals surface area (Å²) >= 11 is 0. The fourth-order valence-electron chi connectivity index (χ4n) is 2.56. The molecule has 1 fully saturated rings. The molecule has 2 rings (SSSR count). The van der Waals surface area contributed by atoms with E-state index in [1.165, 1.54) is 25.6 Å². The molecule has 1 aromatic rings. The Morgan fingerprint density at radius 3 is 3.00 bits per heavy atom. The number of ether oxygens (including phenoxy) is 1. The highest BCUT2D eigenvalue weighted by Crippen LogP contribution is 2.35. The lowest BCUT2D eigenvalue weighted by Crippen LogP contribution is -2.40. The third kappa shape index (κ3) is 2.33. The molecule has 1 aliphatic rings. The fourth-order valence-corrected chi connectivity index (χ4v) is 2.56. The Balaban J connectivity index is 2.36. The molecule has 0 aliphatic carbocycles. The van der Waals surface area contributed by atoms with Crippen LogP contribution < -0.4 is 20.9 Å². The van der Waals surface area contributed by atoms with Gasteiger partial charge in [-0.1, -0.05) is 6.92 Å². The third-order valence-electron chi connectivity index (χ3n) is 3.50. The van der Waals surface area contributed by atoms with E-state index in [0.29, 0.717) is 17.6 Å². The zero-order valence-corrected chi connectivity index (χ0v) is 11.0. The molecular formula is C12H21N5O. The highest BCUT2D eigenvalue weighted by atomic mass is 16.5. The average molecular weight is 251 g/mol. The molecule has 6 heteroatoms. The van der Waals surface area contributed by atoms with Gasteiger partial charge in [-0.05, 0) is 25.7 Å². The number of nitrogens with two attached hydrogens (primary N) is 1. The normalized spacial score (nSPS) is 19.7. The van der Waals surface area contributed by atoms with Gasteiger partial charge in [0.05, 0.1) is 7.11 Å². The number of hydrogen-bond donors (Lipinski definition) is 2. The summed E-state index contributed by atoms with van der Waals surface area (Å²) < 4.78 is 5.40. The molecule has 1 aliphatic heterocycles. The largest absolute Gasteiger partial charge is 0.490 e. The van der Waals surface area contributed by atoms with Crippen molar-refractivity contribution < 1.29 is 4.74 Å². The zero-order chi connectivity index (χ0) is 13.0. The van der Waals surface area contributed by atoms with Crippen molar-refractivity contribution >= 4 is 11.6 Å². The Kier molecular flexibility index (Phi) is 4.19. The number of hydrogen-bond acceptors (Lipinski definition) is 6. The average Bonchev–Trinajstić information content (AvgIpc) is 2.46. The minimum atomic E-state index is 0.521. The second-order valence-electron chi connectivity index (χ2n) is 4.47. The van der Waals surface area contributed by atoms with Crippen LogP contribution in [0.4, 0.5) is 11.6 Å². The molecule has 0 amide bonds. The van der Waals surface area contributed by atoms with Crippen molar-refractivity contribution in [3.8, 4) is 5.75 Å². The maximum atomic E-state index is 5.45. The Morgan fingerprint density at radius 1 is 1.50 bits per heavy atom. The highest BCUT2D eigenvalue weighted by molar-refractivity contribution is 5.64. The van der Waals surface area contributed by atoms with E-state index in [-0.39, 0.29) is 0 Å². The Bertz CT molecular complexity index is 398. The molecule has 1 unspecified atom stereocenters. The van der Waals surface area contributed by atoms with E-state index in [4.69, 9.17) is 10.6 Å². The first-order chi connectivity index (χ1) is 8.81. The van der Waals surface area contributed by atoms with Gasteiger partial charge in [-0.15, -0.1) is 0 Å². The molecule has 0 saturated carbocycles. The summed E-state index contributed by atoms with van der Waals surface area (Å²) in [6, 6.07) is 0.521. The van der Waals surface area contributed by atoms with Crippen LogP contribution in [0.25, 0.3) is 0 Å². The predicted octanol–water partition coefficient (Wildman–Crippen LogP) is 1.54. The Labute approximate surface area is 108 Å². The molecule has 1 atom stereocenters. The van der Waals surface area contributed by atoms with Crippen molar-refractivity contribution in [3.05, 3.63) is 6.33 Å². The van der Waals surface area contributed by atoms with Gasteiger partial charge in [-0.2, -0.15) is 0 Å². The van der Waals surface area contributed by atoms with Crippen molar-refractivity contribution in [1.29, 1.82) is 0 Å². The van der Waals surface area contributed by atoms with E-state index in [2.05, 4.69) is 27.2 Å². The van der Waals surface area contributed by atoms with Crippen LogP contribution in [0, 0.1) is 0 Å². The molecule has 18 heavy (non-hydrogen) atoms. The van der Waals surface area contributed by atoms with Gasteiger partial charge < -0.3 is 15.1 Å². The number of nitrogen functional groups attached to an aromatic ring is 1. The van der Waals surface area contributed by atoms with Crippen LogP contribution in [0.1, 0.15) is 32.6 Å². The summed E-state index contributed by atoms with van der Waals surface area (Å²) in [5.41, 5.74) is 2.56. The smallest absolute Gasteiger partial charge is 0.205 e. The molecule has 1 aromatic heterocycles. The number of anilines is 2. The van der Waals surface area contributed by atoms with E-state index in [0.717, 1.165) is 18.8 Å². The lowest BCUT2D eigenvalue weighted by atomic mass is 10.00. The fraction of sp³-hybridized carbons (Fsp3) is 0.667. The standard InChI is InChI=1S/C12H21N5O/c1-3-9-6-4-5-7-17(9)12-10(18-2)11(16-13)14-8-15-12/h8-9H,3-7,13H2,1-2H3,(H,14,15,16). The van der Waals surface area contributed by atoms with Gasteiger partial charge in [0.1, 0.15) is 6.33 Å². The summed E-state index contributed by atoms with van der Waals surface area (Å²) in [5, 5.41) is 0. The molecule has 3 N–H and O–H groups in total. The van der Waals surface area contributed by atoms with Gasteiger partial charge in [0.25, 0.3) is 0 Å². The van der Waals surface area contributed by atoms with Crippen LogP contribution in [0.3, 0.4) is 0 Å². The first kappa shape index (κ1) is 12.9. The maximum absolute atomic E-state index is 5.45. The van der Waals surface area contributed by atoms with Crippen molar-refractivity contribution in [1.82, 2.24) is 9.97 Å². The van der Waals surface area contributed by atoms with Crippen LogP contribution in [0.15, 0.2) is 6.33 Å². The van der Waals surface area contributed by atoms with Crippen LogP contribution in [0.2, 0.25) is 0 Å². The van der Waals surface area contributed by atoms with Gasteiger partial charge in [-0.25, -0.2) is 15.8 Å². The number of nitrogens with one attached hydrogen (secondary N) is 1. The van der Waals surface area contributed by atoms with Crippen LogP contribution in [-0.2, 0) is 0 Å². The van der Waals surface area contributed by atoms with Gasteiger partial charge in [-0.3, -0.25) is 0 Å². The molecule has 6 nitrogen and oxygen atoms in total. The third-order valence-corrected chi connectivity index (χ3v) is 3.50. The number of nitrogens with zero attached hydrogens (tertiary/aromatic N) is 3. The quantitative estimate of drug-likeness (QED) is 0.624. The molecule has 1 saturated heterocycles. The van der Waals surface area contributed by atoms with Crippen molar-refractivity contribution in [2.75, 3.05) is 24.0 Å². The van der Waals surface area contributed by atoms with Crippen LogP contribution in [-0.4, -0.2) is 29.7 Å². The number of methoxy groups -OCH3 is 1. The number of rotatable bonds is 4. The van der Waals surface area contributed by atoms with Gasteiger partial charge in [0.2, 0.25) is 5.75 Å². The van der Waals surface area contributed by atoms with Crippen molar-refractivity contribution in [2.24, 2.45) is 5.84 Å². The molecule has 0 spiro atoms. The predicted molar refractivity (Wildman–Crippen MR) is 71.7 cm³/mol. The minimum Gasteiger partial charge on any atom is -0.490 e. The van der Waals surface area contributed by atoms with Gasteiger partial charge in [0.15, 0.2) is 11.6 Å². The highest BCUT2D eigenvalue weighted by Gasteiger charge is 2.26. The molecule has 0 bridgehead atoms. The van der Waals surface area contributed by atoms with E-state index >= 15 is 0 Å². The summed E-state index contributed by atoms with van der Waals surface area (Å²) in [6.07, 6.45) is 6.31. The summed E-state index contributed by atoms with van der Waals surface area (Å²) in [7, 11) is 1.62. The molecular weight excluding hydrogens is 230 g/mol. The summed E-state index contributed by atoms with van der Waals surface area (Å²) in [4.78, 5) is 10.8. The number of piperidine rings is 1. The van der Waals surface area contributed by atoms with E-state index in [1.807, 2.05) is 0 Å². The van der Waals surface area contributed by atoms with Crippen LogP contribution >= 0.6 is 0 Å². The topological polar surface area (TPSA) is 76.3 Å².